The molecule has 0 aromatic carbocycles. The maximum Gasteiger partial charge on any atom is 0.235 e. The van der Waals surface area contributed by atoms with Crippen LogP contribution in [0.3, 0.4) is 0 Å². The van der Waals surface area contributed by atoms with Crippen LogP contribution in [0.25, 0.3) is 0 Å². The standard InChI is InChI=1S/C9H17N3O/c13-9-3-6-12(11-9)7-8-1-4-10-5-2-8/h8,10H,1-7H2,(H,11,13). The van der Waals surface area contributed by atoms with Crippen molar-refractivity contribution in [2.45, 2.75) is 19.3 Å². The van der Waals surface area contributed by atoms with E-state index >= 15 is 0 Å². The number of carbonyl (C=O) groups is 1. The first-order valence-electron chi connectivity index (χ1n) is 5.10. The zero-order valence-electron chi connectivity index (χ0n) is 7.88. The maximum absolute atomic E-state index is 10.9. The molecule has 0 aromatic heterocycles. The Morgan fingerprint density at radius 2 is 2.15 bits per heavy atom. The summed E-state index contributed by atoms with van der Waals surface area (Å²) in [4.78, 5) is 10.9. The normalized spacial score (nSPS) is 26.3. The monoisotopic (exact) mass is 183 g/mol. The van der Waals surface area contributed by atoms with Crippen LogP contribution in [-0.4, -0.2) is 37.1 Å². The molecule has 13 heavy (non-hydrogen) atoms. The van der Waals surface area contributed by atoms with Gasteiger partial charge in [0.15, 0.2) is 0 Å². The van der Waals surface area contributed by atoms with E-state index in [9.17, 15) is 4.79 Å². The number of piperidine rings is 1. The van der Waals surface area contributed by atoms with Crippen molar-refractivity contribution in [2.75, 3.05) is 26.2 Å². The van der Waals surface area contributed by atoms with Gasteiger partial charge in [-0.25, -0.2) is 5.01 Å². The van der Waals surface area contributed by atoms with E-state index in [-0.39, 0.29) is 5.91 Å². The summed E-state index contributed by atoms with van der Waals surface area (Å²) in [7, 11) is 0. The summed E-state index contributed by atoms with van der Waals surface area (Å²) in [5, 5.41) is 5.41. The summed E-state index contributed by atoms with van der Waals surface area (Å²) < 4.78 is 0. The molecule has 0 radical (unpaired) electrons. The van der Waals surface area contributed by atoms with Crippen molar-refractivity contribution in [1.29, 1.82) is 0 Å². The van der Waals surface area contributed by atoms with Gasteiger partial charge >= 0.3 is 0 Å². The predicted molar refractivity (Wildman–Crippen MR) is 49.9 cm³/mol. The van der Waals surface area contributed by atoms with Crippen LogP contribution in [-0.2, 0) is 4.79 Å². The zero-order valence-corrected chi connectivity index (χ0v) is 7.88. The number of hydrogen-bond donors (Lipinski definition) is 2. The van der Waals surface area contributed by atoms with E-state index in [1.807, 2.05) is 0 Å². The molecule has 2 saturated heterocycles. The Morgan fingerprint density at radius 1 is 1.38 bits per heavy atom. The van der Waals surface area contributed by atoms with Crippen LogP contribution in [0.15, 0.2) is 0 Å². The van der Waals surface area contributed by atoms with Gasteiger partial charge in [-0.1, -0.05) is 0 Å². The van der Waals surface area contributed by atoms with Gasteiger partial charge in [0.25, 0.3) is 0 Å². The summed E-state index contributed by atoms with van der Waals surface area (Å²) in [6.07, 6.45) is 3.16. The summed E-state index contributed by atoms with van der Waals surface area (Å²) in [6.45, 7) is 4.19. The molecule has 0 atom stereocenters. The van der Waals surface area contributed by atoms with Crippen LogP contribution in [0, 0.1) is 5.92 Å². The van der Waals surface area contributed by atoms with Gasteiger partial charge in [-0.05, 0) is 31.8 Å². The Balaban J connectivity index is 1.73. The van der Waals surface area contributed by atoms with E-state index < -0.39 is 0 Å². The molecule has 2 heterocycles. The third kappa shape index (κ3) is 2.42. The molecule has 0 aliphatic carbocycles. The fourth-order valence-corrected chi connectivity index (χ4v) is 2.04. The second kappa shape index (κ2) is 4.07. The minimum absolute atomic E-state index is 0.175. The van der Waals surface area contributed by atoms with Crippen molar-refractivity contribution in [2.24, 2.45) is 5.92 Å². The van der Waals surface area contributed by atoms with E-state index in [1.54, 1.807) is 0 Å². The lowest BCUT2D eigenvalue weighted by atomic mass is 9.98. The minimum Gasteiger partial charge on any atom is -0.317 e. The van der Waals surface area contributed by atoms with Crippen molar-refractivity contribution in [3.05, 3.63) is 0 Å². The van der Waals surface area contributed by atoms with E-state index in [4.69, 9.17) is 0 Å². The van der Waals surface area contributed by atoms with Crippen molar-refractivity contribution in [3.8, 4) is 0 Å². The summed E-state index contributed by atoms with van der Waals surface area (Å²) in [6, 6.07) is 0. The summed E-state index contributed by atoms with van der Waals surface area (Å²) in [5.74, 6) is 0.939. The van der Waals surface area contributed by atoms with Crippen LogP contribution < -0.4 is 10.7 Å². The van der Waals surface area contributed by atoms with E-state index in [1.165, 1.54) is 12.8 Å². The van der Waals surface area contributed by atoms with Gasteiger partial charge in [0.1, 0.15) is 0 Å². The third-order valence-corrected chi connectivity index (χ3v) is 2.83. The van der Waals surface area contributed by atoms with E-state index in [0.29, 0.717) is 6.42 Å². The number of carbonyl (C=O) groups excluding carboxylic acids is 1. The first kappa shape index (κ1) is 8.97. The van der Waals surface area contributed by atoms with Crippen molar-refractivity contribution in [3.63, 3.8) is 0 Å². The first-order valence-corrected chi connectivity index (χ1v) is 5.10. The average Bonchev–Trinajstić information content (AvgIpc) is 2.53. The molecule has 2 aliphatic rings. The van der Waals surface area contributed by atoms with Gasteiger partial charge in [-0.15, -0.1) is 0 Å². The summed E-state index contributed by atoms with van der Waals surface area (Å²) >= 11 is 0. The van der Waals surface area contributed by atoms with E-state index in [2.05, 4.69) is 15.8 Å². The highest BCUT2D eigenvalue weighted by molar-refractivity contribution is 5.77. The molecule has 2 N–H and O–H groups in total. The Bertz CT molecular complexity index is 189. The molecule has 4 heteroatoms. The molecule has 0 bridgehead atoms. The highest BCUT2D eigenvalue weighted by atomic mass is 16.2. The molecular weight excluding hydrogens is 166 g/mol. The number of hydrazine groups is 1. The van der Waals surface area contributed by atoms with Gasteiger partial charge < -0.3 is 5.32 Å². The lowest BCUT2D eigenvalue weighted by Gasteiger charge is -2.26. The van der Waals surface area contributed by atoms with Gasteiger partial charge in [-0.2, -0.15) is 0 Å². The lowest BCUT2D eigenvalue weighted by Crippen LogP contribution is -2.40. The zero-order chi connectivity index (χ0) is 9.10. The molecule has 2 aliphatic heterocycles. The van der Waals surface area contributed by atoms with Crippen LogP contribution in [0.4, 0.5) is 0 Å². The summed E-state index contributed by atoms with van der Waals surface area (Å²) in [5.41, 5.74) is 2.88. The van der Waals surface area contributed by atoms with Gasteiger partial charge in [0.2, 0.25) is 5.91 Å². The Morgan fingerprint density at radius 3 is 2.77 bits per heavy atom. The van der Waals surface area contributed by atoms with Crippen LogP contribution >= 0.6 is 0 Å². The second-order valence-electron chi connectivity index (χ2n) is 3.92. The fourth-order valence-electron chi connectivity index (χ4n) is 2.04. The molecular formula is C9H17N3O. The predicted octanol–water partition coefficient (Wildman–Crippen LogP) is -0.277. The van der Waals surface area contributed by atoms with Gasteiger partial charge in [0, 0.05) is 19.5 Å². The number of amides is 1. The molecule has 2 fully saturated rings. The van der Waals surface area contributed by atoms with Crippen molar-refractivity contribution in [1.82, 2.24) is 15.8 Å². The number of rotatable bonds is 2. The van der Waals surface area contributed by atoms with Gasteiger partial charge in [0.05, 0.1) is 0 Å². The Kier molecular flexibility index (Phi) is 2.80. The largest absolute Gasteiger partial charge is 0.317 e. The molecule has 0 spiro atoms. The quantitative estimate of drug-likeness (QED) is 0.619. The first-order chi connectivity index (χ1) is 6.34. The highest BCUT2D eigenvalue weighted by Crippen LogP contribution is 2.13. The SMILES string of the molecule is O=C1CCN(CC2CCNCC2)N1. The fraction of sp³-hybridized carbons (Fsp3) is 0.889. The van der Waals surface area contributed by atoms with Crippen LogP contribution in [0.1, 0.15) is 19.3 Å². The third-order valence-electron chi connectivity index (χ3n) is 2.83. The smallest absolute Gasteiger partial charge is 0.235 e. The van der Waals surface area contributed by atoms with E-state index in [0.717, 1.165) is 32.1 Å². The molecule has 0 unspecified atom stereocenters. The Hall–Kier alpha value is -0.610. The maximum atomic E-state index is 10.9. The number of nitrogens with one attached hydrogen (secondary N) is 2. The minimum atomic E-state index is 0.175. The van der Waals surface area contributed by atoms with Crippen LogP contribution in [0.2, 0.25) is 0 Å². The molecule has 74 valence electrons. The van der Waals surface area contributed by atoms with Crippen LogP contribution in [0.5, 0.6) is 0 Å². The van der Waals surface area contributed by atoms with Crippen molar-refractivity contribution < 1.29 is 4.79 Å². The molecule has 2 rings (SSSR count). The number of hydrogen-bond acceptors (Lipinski definition) is 3. The van der Waals surface area contributed by atoms with Crippen molar-refractivity contribution >= 4 is 5.91 Å². The molecule has 1 amide bonds. The highest BCUT2D eigenvalue weighted by Gasteiger charge is 2.22. The number of nitrogens with zero attached hydrogens (tertiary/aromatic N) is 1. The lowest BCUT2D eigenvalue weighted by molar-refractivity contribution is -0.121. The molecule has 4 nitrogen and oxygen atoms in total. The second-order valence-corrected chi connectivity index (χ2v) is 3.92. The average molecular weight is 183 g/mol. The molecule has 0 aromatic rings. The van der Waals surface area contributed by atoms with Gasteiger partial charge in [-0.3, -0.25) is 10.2 Å². The topological polar surface area (TPSA) is 44.4 Å². The Labute approximate surface area is 78.6 Å². The molecule has 0 saturated carbocycles.